The van der Waals surface area contributed by atoms with Crippen LogP contribution in [0.1, 0.15) is 24.8 Å². The minimum Gasteiger partial charge on any atom is -0.396 e. The summed E-state index contributed by atoms with van der Waals surface area (Å²) in [5.74, 6) is 1.39. The standard InChI is InChI=1S/C17H24N2O2S/c1-22-14-6-2-11(3-7-14)9-18-17(21)19-16-13-5-4-12(8-13)15(16)10-20/h2-3,6-7,12-13,15-16,20H,4-5,8-10H2,1H3,(H2,18,19,21). The van der Waals surface area contributed by atoms with Gasteiger partial charge in [-0.25, -0.2) is 4.79 Å². The zero-order chi connectivity index (χ0) is 15.5. The molecule has 2 aliphatic rings. The van der Waals surface area contributed by atoms with Crippen LogP contribution in [0.25, 0.3) is 0 Å². The molecule has 22 heavy (non-hydrogen) atoms. The van der Waals surface area contributed by atoms with E-state index >= 15 is 0 Å². The molecule has 3 rings (SSSR count). The van der Waals surface area contributed by atoms with Crippen LogP contribution < -0.4 is 10.6 Å². The zero-order valence-corrected chi connectivity index (χ0v) is 13.7. The summed E-state index contributed by atoms with van der Waals surface area (Å²) in [6.45, 7) is 0.716. The van der Waals surface area contributed by atoms with Crippen LogP contribution in [0.4, 0.5) is 4.79 Å². The van der Waals surface area contributed by atoms with Crippen LogP contribution in [0, 0.1) is 17.8 Å². The Kier molecular flexibility index (Phi) is 4.93. The lowest BCUT2D eigenvalue weighted by molar-refractivity contribution is 0.144. The lowest BCUT2D eigenvalue weighted by Crippen LogP contribution is -2.48. The quantitative estimate of drug-likeness (QED) is 0.731. The second-order valence-corrected chi connectivity index (χ2v) is 7.26. The third-order valence-corrected chi connectivity index (χ3v) is 5.95. The topological polar surface area (TPSA) is 61.4 Å². The molecule has 4 nitrogen and oxygen atoms in total. The molecule has 1 aromatic carbocycles. The van der Waals surface area contributed by atoms with Gasteiger partial charge in [0.15, 0.2) is 0 Å². The highest BCUT2D eigenvalue weighted by molar-refractivity contribution is 7.98. The fourth-order valence-electron chi connectivity index (χ4n) is 4.03. The van der Waals surface area contributed by atoms with Crippen molar-refractivity contribution in [1.82, 2.24) is 10.6 Å². The number of nitrogens with one attached hydrogen (secondary N) is 2. The minimum absolute atomic E-state index is 0.120. The first kappa shape index (κ1) is 15.7. The van der Waals surface area contributed by atoms with Crippen molar-refractivity contribution < 1.29 is 9.90 Å². The first-order valence-electron chi connectivity index (χ1n) is 7.99. The van der Waals surface area contributed by atoms with Crippen LogP contribution >= 0.6 is 11.8 Å². The summed E-state index contributed by atoms with van der Waals surface area (Å²) in [5.41, 5.74) is 1.10. The van der Waals surface area contributed by atoms with E-state index in [1.807, 2.05) is 18.4 Å². The number of carbonyl (C=O) groups is 1. The van der Waals surface area contributed by atoms with Crippen molar-refractivity contribution in [3.05, 3.63) is 29.8 Å². The molecule has 4 atom stereocenters. The number of aliphatic hydroxyl groups is 1. The molecule has 2 amide bonds. The van der Waals surface area contributed by atoms with Gasteiger partial charge in [-0.15, -0.1) is 11.8 Å². The molecule has 2 bridgehead atoms. The van der Waals surface area contributed by atoms with E-state index < -0.39 is 0 Å². The molecular weight excluding hydrogens is 296 g/mol. The van der Waals surface area contributed by atoms with Gasteiger partial charge in [-0.3, -0.25) is 0 Å². The minimum atomic E-state index is -0.120. The summed E-state index contributed by atoms with van der Waals surface area (Å²) in [7, 11) is 0. The predicted octanol–water partition coefficient (Wildman–Crippen LogP) is 2.61. The maximum absolute atomic E-state index is 12.1. The third-order valence-electron chi connectivity index (χ3n) is 5.21. The van der Waals surface area contributed by atoms with Crippen LogP contribution in [0.15, 0.2) is 29.2 Å². The second-order valence-electron chi connectivity index (χ2n) is 6.38. The van der Waals surface area contributed by atoms with E-state index in [1.165, 1.54) is 17.7 Å². The van der Waals surface area contributed by atoms with Crippen molar-refractivity contribution >= 4 is 17.8 Å². The van der Waals surface area contributed by atoms with Gasteiger partial charge in [-0.1, -0.05) is 12.1 Å². The molecule has 5 heteroatoms. The Morgan fingerprint density at radius 2 is 2.00 bits per heavy atom. The number of rotatable bonds is 5. The van der Waals surface area contributed by atoms with Crippen LogP contribution in [-0.4, -0.2) is 30.0 Å². The van der Waals surface area contributed by atoms with E-state index in [0.717, 1.165) is 12.0 Å². The number of thioether (sulfide) groups is 1. The van der Waals surface area contributed by atoms with E-state index in [1.54, 1.807) is 11.8 Å². The van der Waals surface area contributed by atoms with Gasteiger partial charge in [0.05, 0.1) is 0 Å². The van der Waals surface area contributed by atoms with Crippen molar-refractivity contribution in [3.8, 4) is 0 Å². The van der Waals surface area contributed by atoms with Gasteiger partial charge in [-0.2, -0.15) is 0 Å². The number of fused-ring (bicyclic) bond motifs is 2. The Bertz CT molecular complexity index is 520. The zero-order valence-electron chi connectivity index (χ0n) is 12.9. The van der Waals surface area contributed by atoms with Crippen LogP contribution in [0.5, 0.6) is 0 Å². The molecule has 2 fully saturated rings. The number of hydrogen-bond donors (Lipinski definition) is 3. The lowest BCUT2D eigenvalue weighted by Gasteiger charge is -2.30. The number of benzene rings is 1. The summed E-state index contributed by atoms with van der Waals surface area (Å²) in [6, 6.07) is 8.24. The molecule has 1 aromatic rings. The summed E-state index contributed by atoms with van der Waals surface area (Å²) in [4.78, 5) is 13.3. The van der Waals surface area contributed by atoms with Crippen LogP contribution in [0.2, 0.25) is 0 Å². The van der Waals surface area contributed by atoms with Gasteiger partial charge in [-0.05, 0) is 55.1 Å². The molecule has 0 radical (unpaired) electrons. The van der Waals surface area contributed by atoms with E-state index in [-0.39, 0.29) is 24.6 Å². The van der Waals surface area contributed by atoms with Crippen molar-refractivity contribution in [2.24, 2.45) is 17.8 Å². The molecule has 0 aromatic heterocycles. The molecule has 2 saturated carbocycles. The second kappa shape index (κ2) is 6.92. The van der Waals surface area contributed by atoms with Gasteiger partial charge in [0, 0.05) is 30.0 Å². The van der Waals surface area contributed by atoms with Crippen molar-refractivity contribution in [1.29, 1.82) is 0 Å². The predicted molar refractivity (Wildman–Crippen MR) is 88.8 cm³/mol. The van der Waals surface area contributed by atoms with Crippen molar-refractivity contribution in [2.75, 3.05) is 12.9 Å². The SMILES string of the molecule is CSc1ccc(CNC(=O)NC2C3CCC(C3)C2CO)cc1. The number of carbonyl (C=O) groups excluding carboxylic acids is 1. The molecule has 120 valence electrons. The maximum atomic E-state index is 12.1. The highest BCUT2D eigenvalue weighted by atomic mass is 32.2. The molecule has 2 aliphatic carbocycles. The monoisotopic (exact) mass is 320 g/mol. The smallest absolute Gasteiger partial charge is 0.315 e. The molecular formula is C17H24N2O2S. The first-order chi connectivity index (χ1) is 10.7. The van der Waals surface area contributed by atoms with E-state index in [0.29, 0.717) is 18.4 Å². The Balaban J connectivity index is 1.50. The normalized spacial score (nSPS) is 29.5. The average Bonchev–Trinajstić information content (AvgIpc) is 3.14. The van der Waals surface area contributed by atoms with Gasteiger partial charge in [0.2, 0.25) is 0 Å². The fourth-order valence-corrected chi connectivity index (χ4v) is 4.43. The fraction of sp³-hybridized carbons (Fsp3) is 0.588. The highest BCUT2D eigenvalue weighted by Crippen LogP contribution is 2.48. The lowest BCUT2D eigenvalue weighted by atomic mass is 9.85. The molecule has 0 spiro atoms. The van der Waals surface area contributed by atoms with E-state index in [2.05, 4.69) is 22.8 Å². The summed E-state index contributed by atoms with van der Waals surface area (Å²) < 4.78 is 0. The summed E-state index contributed by atoms with van der Waals surface area (Å²) >= 11 is 1.71. The Hall–Kier alpha value is -1.20. The Morgan fingerprint density at radius 3 is 2.68 bits per heavy atom. The first-order valence-corrected chi connectivity index (χ1v) is 9.22. The summed E-state index contributed by atoms with van der Waals surface area (Å²) in [5, 5.41) is 15.6. The van der Waals surface area contributed by atoms with Gasteiger partial charge >= 0.3 is 6.03 Å². The number of amides is 2. The highest BCUT2D eigenvalue weighted by Gasteiger charge is 2.47. The molecule has 0 aliphatic heterocycles. The van der Waals surface area contributed by atoms with Crippen LogP contribution in [-0.2, 0) is 6.54 Å². The Labute approximate surface area is 136 Å². The maximum Gasteiger partial charge on any atom is 0.315 e. The molecule has 0 heterocycles. The van der Waals surface area contributed by atoms with E-state index in [4.69, 9.17) is 0 Å². The van der Waals surface area contributed by atoms with Gasteiger partial charge < -0.3 is 15.7 Å². The van der Waals surface area contributed by atoms with Crippen molar-refractivity contribution in [2.45, 2.75) is 36.7 Å². The number of aliphatic hydroxyl groups excluding tert-OH is 1. The average molecular weight is 320 g/mol. The largest absolute Gasteiger partial charge is 0.396 e. The van der Waals surface area contributed by atoms with Crippen LogP contribution in [0.3, 0.4) is 0 Å². The third kappa shape index (κ3) is 3.25. The van der Waals surface area contributed by atoms with Crippen molar-refractivity contribution in [3.63, 3.8) is 0 Å². The molecule has 3 N–H and O–H groups in total. The molecule has 4 unspecified atom stereocenters. The number of hydrogen-bond acceptors (Lipinski definition) is 3. The van der Waals surface area contributed by atoms with E-state index in [9.17, 15) is 9.90 Å². The Morgan fingerprint density at radius 1 is 1.27 bits per heavy atom. The van der Waals surface area contributed by atoms with Gasteiger partial charge in [0.1, 0.15) is 0 Å². The van der Waals surface area contributed by atoms with Gasteiger partial charge in [0.25, 0.3) is 0 Å². The summed E-state index contributed by atoms with van der Waals surface area (Å²) in [6.07, 6.45) is 5.60. The molecule has 0 saturated heterocycles. The number of urea groups is 1.